The summed E-state index contributed by atoms with van der Waals surface area (Å²) in [6.07, 6.45) is 2.19. The van der Waals surface area contributed by atoms with Crippen LogP contribution in [0.2, 0.25) is 0 Å². The molecule has 5 N–H and O–H groups in total. The van der Waals surface area contributed by atoms with Gasteiger partial charge in [0.15, 0.2) is 0 Å². The van der Waals surface area contributed by atoms with Gasteiger partial charge in [0.25, 0.3) is 0 Å². The maximum atomic E-state index is 11.1. The van der Waals surface area contributed by atoms with Crippen molar-refractivity contribution in [2.24, 2.45) is 11.5 Å². The Labute approximate surface area is 162 Å². The molecule has 2 aromatic rings. The van der Waals surface area contributed by atoms with E-state index in [4.69, 9.17) is 11.5 Å². The number of nitrogens with one attached hydrogen (secondary N) is 1. The number of hydrogen-bond acceptors (Lipinski definition) is 4. The Balaban J connectivity index is 0.000000166. The number of carbonyl (C=O) groups excluding carboxylic acids is 1. The molecule has 27 heavy (non-hydrogen) atoms. The van der Waals surface area contributed by atoms with Crippen molar-refractivity contribution in [2.45, 2.75) is 32.9 Å². The van der Waals surface area contributed by atoms with Gasteiger partial charge in [-0.25, -0.2) is 0 Å². The second-order valence-corrected chi connectivity index (χ2v) is 6.73. The van der Waals surface area contributed by atoms with Crippen molar-refractivity contribution in [1.82, 2.24) is 10.2 Å². The molecule has 0 radical (unpaired) electrons. The number of amides is 1. The number of nitrogens with two attached hydrogens (primary N) is 2. The van der Waals surface area contributed by atoms with Crippen LogP contribution in [-0.2, 0) is 30.7 Å². The highest BCUT2D eigenvalue weighted by Crippen LogP contribution is 2.18. The lowest BCUT2D eigenvalue weighted by Crippen LogP contribution is -2.34. The summed E-state index contributed by atoms with van der Waals surface area (Å²) in [4.78, 5) is 13.0. The molecule has 146 valence electrons. The number of fused-ring (bicyclic) bond motifs is 2. The van der Waals surface area contributed by atoms with Crippen molar-refractivity contribution in [3.05, 3.63) is 70.8 Å². The van der Waals surface area contributed by atoms with Crippen LogP contribution in [0.3, 0.4) is 0 Å². The Kier molecular flexibility index (Phi) is 8.98. The summed E-state index contributed by atoms with van der Waals surface area (Å²) in [6, 6.07) is 17.0. The molecule has 2 aromatic carbocycles. The van der Waals surface area contributed by atoms with Crippen LogP contribution in [0.25, 0.3) is 0 Å². The number of hydrogen-bond donors (Lipinski definition) is 3. The molecule has 0 atom stereocenters. The first kappa shape index (κ1) is 21.1. The molecule has 0 unspecified atom stereocenters. The lowest BCUT2D eigenvalue weighted by Gasteiger charge is -2.27. The number of benzene rings is 2. The van der Waals surface area contributed by atoms with Crippen molar-refractivity contribution >= 4 is 5.91 Å². The minimum atomic E-state index is 0.175. The van der Waals surface area contributed by atoms with Gasteiger partial charge in [0.1, 0.15) is 0 Å². The highest BCUT2D eigenvalue weighted by Gasteiger charge is 2.16. The predicted octanol–water partition coefficient (Wildman–Crippen LogP) is 1.83. The van der Waals surface area contributed by atoms with Crippen molar-refractivity contribution in [3.63, 3.8) is 0 Å². The fourth-order valence-corrected chi connectivity index (χ4v) is 3.18. The molecule has 0 aliphatic carbocycles. The van der Waals surface area contributed by atoms with Crippen LogP contribution in [0, 0.1) is 0 Å². The molecule has 0 saturated heterocycles. The SMILES string of the molecule is CC(=O)N1CCc2ccccc2C1.NCCN.c1ccc2c(c1)CCNC2. The van der Waals surface area contributed by atoms with E-state index in [0.717, 1.165) is 32.6 Å². The predicted molar refractivity (Wildman–Crippen MR) is 111 cm³/mol. The van der Waals surface area contributed by atoms with Gasteiger partial charge in [-0.3, -0.25) is 4.79 Å². The third-order valence-corrected chi connectivity index (χ3v) is 4.75. The minimum Gasteiger partial charge on any atom is -0.338 e. The Morgan fingerprint density at radius 3 is 2.04 bits per heavy atom. The van der Waals surface area contributed by atoms with Crippen LogP contribution in [-0.4, -0.2) is 37.0 Å². The molecule has 0 aromatic heterocycles. The highest BCUT2D eigenvalue weighted by molar-refractivity contribution is 5.73. The second kappa shape index (κ2) is 11.5. The van der Waals surface area contributed by atoms with Crippen LogP contribution in [0.4, 0.5) is 0 Å². The molecule has 5 heteroatoms. The monoisotopic (exact) mass is 368 g/mol. The maximum Gasteiger partial charge on any atom is 0.219 e. The molecule has 2 aliphatic rings. The van der Waals surface area contributed by atoms with Gasteiger partial charge in [-0.1, -0.05) is 48.5 Å². The zero-order valence-electron chi connectivity index (χ0n) is 16.3. The van der Waals surface area contributed by atoms with Crippen LogP contribution >= 0.6 is 0 Å². The molecule has 1 amide bonds. The van der Waals surface area contributed by atoms with Crippen molar-refractivity contribution in [2.75, 3.05) is 26.2 Å². The average molecular weight is 369 g/mol. The summed E-state index contributed by atoms with van der Waals surface area (Å²) in [6.45, 7) is 6.67. The van der Waals surface area contributed by atoms with Crippen molar-refractivity contribution in [1.29, 1.82) is 0 Å². The number of carbonyl (C=O) groups is 1. The normalized spacial score (nSPS) is 14.6. The summed E-state index contributed by atoms with van der Waals surface area (Å²) in [5, 5.41) is 3.34. The zero-order valence-corrected chi connectivity index (χ0v) is 16.3. The number of nitrogens with zero attached hydrogens (tertiary/aromatic N) is 1. The first-order valence-electron chi connectivity index (χ1n) is 9.65. The van der Waals surface area contributed by atoms with E-state index in [1.165, 1.54) is 28.7 Å². The standard InChI is InChI=1S/C11H13NO.C9H11N.C2H8N2/c1-9(13)12-7-6-10-4-2-3-5-11(10)8-12;1-2-4-9-7-10-6-5-8(9)3-1;3-1-2-4/h2-5H,6-8H2,1H3;1-4,10H,5-7H2;1-4H2. The smallest absolute Gasteiger partial charge is 0.219 e. The Morgan fingerprint density at radius 1 is 0.926 bits per heavy atom. The quantitative estimate of drug-likeness (QED) is 0.717. The Bertz CT molecular complexity index is 690. The van der Waals surface area contributed by atoms with Crippen molar-refractivity contribution in [3.8, 4) is 0 Å². The largest absolute Gasteiger partial charge is 0.338 e. The van der Waals surface area contributed by atoms with E-state index in [-0.39, 0.29) is 5.91 Å². The highest BCUT2D eigenvalue weighted by atomic mass is 16.2. The topological polar surface area (TPSA) is 84.4 Å². The van der Waals surface area contributed by atoms with Crippen LogP contribution in [0.1, 0.15) is 29.2 Å². The summed E-state index contributed by atoms with van der Waals surface area (Å²) in [5.74, 6) is 0.175. The molecule has 0 fully saturated rings. The maximum absolute atomic E-state index is 11.1. The fraction of sp³-hybridized carbons (Fsp3) is 0.409. The molecular weight excluding hydrogens is 336 g/mol. The third kappa shape index (κ3) is 6.79. The van der Waals surface area contributed by atoms with Gasteiger partial charge in [-0.05, 0) is 41.6 Å². The molecule has 0 saturated carbocycles. The summed E-state index contributed by atoms with van der Waals surface area (Å²) in [7, 11) is 0. The molecule has 0 bridgehead atoms. The first-order chi connectivity index (χ1) is 13.2. The second-order valence-electron chi connectivity index (χ2n) is 6.73. The van der Waals surface area contributed by atoms with Crippen LogP contribution in [0.5, 0.6) is 0 Å². The van der Waals surface area contributed by atoms with Gasteiger partial charge in [-0.2, -0.15) is 0 Å². The molecule has 0 spiro atoms. The van der Waals surface area contributed by atoms with E-state index in [2.05, 4.69) is 47.8 Å². The first-order valence-corrected chi connectivity index (χ1v) is 9.65. The third-order valence-electron chi connectivity index (χ3n) is 4.75. The summed E-state index contributed by atoms with van der Waals surface area (Å²) in [5.41, 5.74) is 15.5. The number of rotatable bonds is 1. The van der Waals surface area contributed by atoms with Gasteiger partial charge >= 0.3 is 0 Å². The van der Waals surface area contributed by atoms with E-state index < -0.39 is 0 Å². The van der Waals surface area contributed by atoms with Gasteiger partial charge in [0, 0.05) is 39.6 Å². The Hall–Kier alpha value is -2.21. The van der Waals surface area contributed by atoms with Gasteiger partial charge in [0.2, 0.25) is 5.91 Å². The van der Waals surface area contributed by atoms with E-state index in [1.807, 2.05) is 11.0 Å². The summed E-state index contributed by atoms with van der Waals surface area (Å²) >= 11 is 0. The molecule has 4 rings (SSSR count). The average Bonchev–Trinajstić information content (AvgIpc) is 2.74. The lowest BCUT2D eigenvalue weighted by molar-refractivity contribution is -0.129. The van der Waals surface area contributed by atoms with E-state index >= 15 is 0 Å². The summed E-state index contributed by atoms with van der Waals surface area (Å²) < 4.78 is 0. The van der Waals surface area contributed by atoms with Gasteiger partial charge < -0.3 is 21.7 Å². The van der Waals surface area contributed by atoms with E-state index in [0.29, 0.717) is 13.1 Å². The van der Waals surface area contributed by atoms with Crippen molar-refractivity contribution < 1.29 is 4.79 Å². The van der Waals surface area contributed by atoms with E-state index in [9.17, 15) is 4.79 Å². The van der Waals surface area contributed by atoms with E-state index in [1.54, 1.807) is 6.92 Å². The Morgan fingerprint density at radius 2 is 1.48 bits per heavy atom. The van der Waals surface area contributed by atoms with Crippen LogP contribution in [0.15, 0.2) is 48.5 Å². The molecule has 2 heterocycles. The lowest BCUT2D eigenvalue weighted by atomic mass is 10.00. The zero-order chi connectivity index (χ0) is 19.5. The molecule has 2 aliphatic heterocycles. The molecular formula is C22H32N4O. The van der Waals surface area contributed by atoms with Gasteiger partial charge in [-0.15, -0.1) is 0 Å². The van der Waals surface area contributed by atoms with Gasteiger partial charge in [0.05, 0.1) is 0 Å². The minimum absolute atomic E-state index is 0.175. The fourth-order valence-electron chi connectivity index (χ4n) is 3.18. The molecule has 5 nitrogen and oxygen atoms in total. The van der Waals surface area contributed by atoms with Crippen LogP contribution < -0.4 is 16.8 Å².